The van der Waals surface area contributed by atoms with E-state index in [0.29, 0.717) is 12.5 Å². The summed E-state index contributed by atoms with van der Waals surface area (Å²) >= 11 is 0. The third kappa shape index (κ3) is 4.23. The molecule has 0 aliphatic heterocycles. The van der Waals surface area contributed by atoms with Crippen molar-refractivity contribution < 1.29 is 9.90 Å². The second-order valence-electron chi connectivity index (χ2n) is 5.66. The van der Waals surface area contributed by atoms with Crippen molar-refractivity contribution in [3.63, 3.8) is 0 Å². The van der Waals surface area contributed by atoms with Crippen molar-refractivity contribution in [3.05, 3.63) is 35.9 Å². The van der Waals surface area contributed by atoms with Crippen LogP contribution in [0.15, 0.2) is 30.3 Å². The van der Waals surface area contributed by atoms with E-state index in [1.165, 1.54) is 16.9 Å². The number of amides is 2. The van der Waals surface area contributed by atoms with Gasteiger partial charge in [0.25, 0.3) is 0 Å². The van der Waals surface area contributed by atoms with Gasteiger partial charge in [0.05, 0.1) is 6.61 Å². The van der Waals surface area contributed by atoms with Crippen LogP contribution in [0.3, 0.4) is 0 Å². The second kappa shape index (κ2) is 7.29. The van der Waals surface area contributed by atoms with Gasteiger partial charge in [0.1, 0.15) is 0 Å². The summed E-state index contributed by atoms with van der Waals surface area (Å²) in [5.41, 5.74) is 1.38. The highest BCUT2D eigenvalue weighted by molar-refractivity contribution is 5.74. The fraction of sp³-hybridized carbons (Fsp3) is 0.562. The van der Waals surface area contributed by atoms with Crippen LogP contribution in [0, 0.1) is 5.92 Å². The van der Waals surface area contributed by atoms with E-state index in [4.69, 9.17) is 5.11 Å². The van der Waals surface area contributed by atoms with E-state index in [9.17, 15) is 4.79 Å². The van der Waals surface area contributed by atoms with Crippen LogP contribution in [0.1, 0.15) is 24.8 Å². The average Bonchev–Trinajstić information content (AvgIpc) is 2.87. The molecule has 1 fully saturated rings. The van der Waals surface area contributed by atoms with E-state index in [0.717, 1.165) is 19.3 Å². The summed E-state index contributed by atoms with van der Waals surface area (Å²) in [6.45, 7) is 0.386. The Kier molecular flexibility index (Phi) is 5.41. The van der Waals surface area contributed by atoms with Crippen molar-refractivity contribution in [2.45, 2.75) is 31.7 Å². The zero-order valence-corrected chi connectivity index (χ0v) is 12.1. The number of rotatable bonds is 5. The summed E-state index contributed by atoms with van der Waals surface area (Å²) < 4.78 is 0. The molecule has 1 aliphatic carbocycles. The Morgan fingerprint density at radius 2 is 2.10 bits per heavy atom. The van der Waals surface area contributed by atoms with Gasteiger partial charge in [-0.1, -0.05) is 30.3 Å². The Balaban J connectivity index is 1.76. The summed E-state index contributed by atoms with van der Waals surface area (Å²) in [6, 6.07) is 10.7. The number of carbonyl (C=O) groups is 1. The molecule has 0 aromatic heterocycles. The maximum absolute atomic E-state index is 11.9. The van der Waals surface area contributed by atoms with Crippen LogP contribution < -0.4 is 5.32 Å². The second-order valence-corrected chi connectivity index (χ2v) is 5.66. The first-order valence-electron chi connectivity index (χ1n) is 7.35. The largest absolute Gasteiger partial charge is 0.395 e. The molecule has 1 aromatic rings. The smallest absolute Gasteiger partial charge is 0.317 e. The number of nitrogens with zero attached hydrogens (tertiary/aromatic N) is 1. The Hall–Kier alpha value is -1.55. The Morgan fingerprint density at radius 1 is 1.35 bits per heavy atom. The van der Waals surface area contributed by atoms with Crippen molar-refractivity contribution >= 4 is 6.03 Å². The molecule has 2 amide bonds. The molecule has 2 rings (SSSR count). The van der Waals surface area contributed by atoms with Crippen LogP contribution in [0.2, 0.25) is 0 Å². The van der Waals surface area contributed by atoms with Gasteiger partial charge in [-0.15, -0.1) is 0 Å². The van der Waals surface area contributed by atoms with Crippen molar-refractivity contribution in [1.82, 2.24) is 10.2 Å². The summed E-state index contributed by atoms with van der Waals surface area (Å²) in [5.74, 6) is 0.658. The molecule has 4 heteroatoms. The minimum absolute atomic E-state index is 0.00518. The Labute approximate surface area is 120 Å². The van der Waals surface area contributed by atoms with Crippen LogP contribution in [-0.2, 0) is 6.42 Å². The number of aliphatic hydroxyl groups excluding tert-OH is 1. The van der Waals surface area contributed by atoms with Crippen molar-refractivity contribution in [2.24, 2.45) is 5.92 Å². The number of nitrogens with one attached hydrogen (secondary N) is 1. The summed E-state index contributed by atoms with van der Waals surface area (Å²) in [6.07, 6.45) is 4.37. The molecule has 2 N–H and O–H groups in total. The molecule has 1 aliphatic rings. The van der Waals surface area contributed by atoms with Gasteiger partial charge in [0.2, 0.25) is 0 Å². The van der Waals surface area contributed by atoms with Crippen molar-refractivity contribution in [3.8, 4) is 0 Å². The Morgan fingerprint density at radius 3 is 2.80 bits per heavy atom. The highest BCUT2D eigenvalue weighted by Gasteiger charge is 2.26. The zero-order chi connectivity index (χ0) is 14.4. The maximum atomic E-state index is 11.9. The third-order valence-electron chi connectivity index (χ3n) is 4.02. The zero-order valence-electron chi connectivity index (χ0n) is 12.1. The number of carbonyl (C=O) groups excluding carboxylic acids is 1. The van der Waals surface area contributed by atoms with Crippen LogP contribution in [-0.4, -0.2) is 42.3 Å². The third-order valence-corrected chi connectivity index (χ3v) is 4.02. The molecular formula is C16H24N2O2. The highest BCUT2D eigenvalue weighted by atomic mass is 16.3. The first-order chi connectivity index (χ1) is 9.69. The topological polar surface area (TPSA) is 52.6 Å². The molecule has 1 saturated carbocycles. The first-order valence-corrected chi connectivity index (χ1v) is 7.35. The molecule has 0 saturated heterocycles. The van der Waals surface area contributed by atoms with E-state index >= 15 is 0 Å². The van der Waals surface area contributed by atoms with E-state index in [2.05, 4.69) is 29.6 Å². The van der Waals surface area contributed by atoms with E-state index in [-0.39, 0.29) is 18.7 Å². The molecule has 110 valence electrons. The van der Waals surface area contributed by atoms with Crippen molar-refractivity contribution in [2.75, 3.05) is 20.2 Å². The van der Waals surface area contributed by atoms with Gasteiger partial charge in [-0.2, -0.15) is 0 Å². The molecule has 2 atom stereocenters. The highest BCUT2D eigenvalue weighted by Crippen LogP contribution is 2.28. The normalized spacial score (nSPS) is 21.7. The number of urea groups is 1. The van der Waals surface area contributed by atoms with Crippen molar-refractivity contribution in [1.29, 1.82) is 0 Å². The van der Waals surface area contributed by atoms with Gasteiger partial charge in [-0.25, -0.2) is 4.79 Å². The van der Waals surface area contributed by atoms with Gasteiger partial charge < -0.3 is 15.3 Å². The monoisotopic (exact) mass is 276 g/mol. The lowest BCUT2D eigenvalue weighted by atomic mass is 9.98. The first kappa shape index (κ1) is 14.9. The fourth-order valence-electron chi connectivity index (χ4n) is 2.88. The van der Waals surface area contributed by atoms with Crippen LogP contribution in [0.4, 0.5) is 4.79 Å². The molecule has 0 bridgehead atoms. The maximum Gasteiger partial charge on any atom is 0.317 e. The molecule has 4 nitrogen and oxygen atoms in total. The number of benzene rings is 1. The molecule has 0 spiro atoms. The van der Waals surface area contributed by atoms with Gasteiger partial charge in [0, 0.05) is 19.6 Å². The minimum Gasteiger partial charge on any atom is -0.395 e. The van der Waals surface area contributed by atoms with Crippen LogP contribution in [0.25, 0.3) is 0 Å². The van der Waals surface area contributed by atoms with Gasteiger partial charge >= 0.3 is 6.03 Å². The number of aliphatic hydroxyl groups is 1. The summed E-state index contributed by atoms with van der Waals surface area (Å²) in [5, 5.41) is 11.9. The lowest BCUT2D eigenvalue weighted by Crippen LogP contribution is -2.43. The quantitative estimate of drug-likeness (QED) is 0.864. The lowest BCUT2D eigenvalue weighted by molar-refractivity contribution is 0.187. The van der Waals surface area contributed by atoms with Crippen LogP contribution in [0.5, 0.6) is 0 Å². The van der Waals surface area contributed by atoms with Gasteiger partial charge in [0.15, 0.2) is 0 Å². The van der Waals surface area contributed by atoms with Gasteiger partial charge in [-0.05, 0) is 37.2 Å². The number of hydrogen-bond donors (Lipinski definition) is 2. The lowest BCUT2D eigenvalue weighted by Gasteiger charge is -2.20. The minimum atomic E-state index is -0.0792. The molecule has 0 heterocycles. The Bertz CT molecular complexity index is 422. The standard InChI is InChI=1S/C16H24N2O2/c1-18(9-10-19)16(20)17-15-8-7-14(12-15)11-13-5-3-2-4-6-13/h2-6,14-15,19H,7-12H2,1H3,(H,17,20)/t14-,15+/m1/s1. The summed E-state index contributed by atoms with van der Waals surface area (Å²) in [7, 11) is 1.71. The predicted octanol–water partition coefficient (Wildman–Crippen LogP) is 2.03. The number of likely N-dealkylation sites (N-methyl/N-ethyl adjacent to an activating group) is 1. The molecule has 0 radical (unpaired) electrons. The molecule has 20 heavy (non-hydrogen) atoms. The number of hydrogen-bond acceptors (Lipinski definition) is 2. The van der Waals surface area contributed by atoms with Gasteiger partial charge in [-0.3, -0.25) is 0 Å². The summed E-state index contributed by atoms with van der Waals surface area (Å²) in [4.78, 5) is 13.4. The SMILES string of the molecule is CN(CCO)C(=O)N[C@H]1CC[C@H](Cc2ccccc2)C1. The molecule has 0 unspecified atom stereocenters. The van der Waals surface area contributed by atoms with E-state index < -0.39 is 0 Å². The molecular weight excluding hydrogens is 252 g/mol. The predicted molar refractivity (Wildman–Crippen MR) is 79.5 cm³/mol. The van der Waals surface area contributed by atoms with E-state index in [1.807, 2.05) is 6.07 Å². The van der Waals surface area contributed by atoms with Crippen LogP contribution >= 0.6 is 0 Å². The molecule has 1 aromatic carbocycles. The van der Waals surface area contributed by atoms with E-state index in [1.54, 1.807) is 7.05 Å². The average molecular weight is 276 g/mol. The fourth-order valence-corrected chi connectivity index (χ4v) is 2.88.